The van der Waals surface area contributed by atoms with E-state index in [2.05, 4.69) is 26.1 Å². The first kappa shape index (κ1) is 17.4. The van der Waals surface area contributed by atoms with Crippen molar-refractivity contribution in [3.63, 3.8) is 0 Å². The second kappa shape index (κ2) is 7.65. The average molecular weight is 448 g/mol. The lowest BCUT2D eigenvalue weighted by molar-refractivity contribution is -0.144. The van der Waals surface area contributed by atoms with Crippen molar-refractivity contribution in [3.05, 3.63) is 55.6 Å². The molecule has 9 heteroatoms. The lowest BCUT2D eigenvalue weighted by atomic mass is 10.1. The number of benzene rings is 1. The van der Waals surface area contributed by atoms with Crippen LogP contribution < -0.4 is 0 Å². The number of ether oxygens (including phenoxy) is 1. The number of carbonyl (C=O) groups is 1. The van der Waals surface area contributed by atoms with E-state index in [-0.39, 0.29) is 18.9 Å². The highest BCUT2D eigenvalue weighted by atomic mass is 79.9. The third-order valence-corrected chi connectivity index (χ3v) is 5.16. The highest BCUT2D eigenvalue weighted by Crippen LogP contribution is 2.30. The van der Waals surface area contributed by atoms with E-state index in [1.807, 2.05) is 12.1 Å². The van der Waals surface area contributed by atoms with Crippen LogP contribution in [0.5, 0.6) is 0 Å². The van der Waals surface area contributed by atoms with Crippen LogP contribution in [0.3, 0.4) is 0 Å². The molecule has 0 bridgehead atoms. The minimum absolute atomic E-state index is 0.0366. The summed E-state index contributed by atoms with van der Waals surface area (Å²) in [6, 6.07) is 8.68. The van der Waals surface area contributed by atoms with Gasteiger partial charge in [0, 0.05) is 10.0 Å². The first-order valence-electron chi connectivity index (χ1n) is 6.69. The van der Waals surface area contributed by atoms with Crippen LogP contribution in [0.25, 0.3) is 10.8 Å². The van der Waals surface area contributed by atoms with Crippen molar-refractivity contribution in [3.8, 4) is 10.8 Å². The van der Waals surface area contributed by atoms with Crippen molar-refractivity contribution in [1.29, 1.82) is 0 Å². The smallest absolute Gasteiger partial charge is 0.310 e. The number of hydrogen-bond donors (Lipinski definition) is 0. The largest absolute Gasteiger partial charge is 0.455 e. The molecule has 1 aromatic carbocycles. The fourth-order valence-electron chi connectivity index (χ4n) is 1.85. The summed E-state index contributed by atoms with van der Waals surface area (Å²) in [7, 11) is 0. The second-order valence-corrected chi connectivity index (χ2v) is 7.98. The van der Waals surface area contributed by atoms with Gasteiger partial charge in [-0.1, -0.05) is 29.3 Å². The lowest BCUT2D eigenvalue weighted by Crippen LogP contribution is -2.08. The van der Waals surface area contributed by atoms with Crippen molar-refractivity contribution in [2.24, 2.45) is 0 Å². The molecule has 3 aromatic rings. The van der Waals surface area contributed by atoms with Gasteiger partial charge in [0.15, 0.2) is 6.61 Å². The molecule has 124 valence electrons. The third-order valence-electron chi connectivity index (χ3n) is 2.96. The van der Waals surface area contributed by atoms with Gasteiger partial charge in [0.1, 0.15) is 0 Å². The highest BCUT2D eigenvalue weighted by Gasteiger charge is 2.14. The molecule has 0 aliphatic heterocycles. The summed E-state index contributed by atoms with van der Waals surface area (Å²) in [5.41, 5.74) is 0.640. The predicted molar refractivity (Wildman–Crippen MR) is 95.3 cm³/mol. The summed E-state index contributed by atoms with van der Waals surface area (Å²) in [6.07, 6.45) is 0.0366. The molecular formula is C15H9BrCl2N2O3S. The number of esters is 1. The van der Waals surface area contributed by atoms with Gasteiger partial charge < -0.3 is 9.15 Å². The minimum atomic E-state index is -0.446. The van der Waals surface area contributed by atoms with Crippen LogP contribution in [-0.2, 0) is 22.6 Å². The molecule has 0 unspecified atom stereocenters. The van der Waals surface area contributed by atoms with Gasteiger partial charge in [-0.05, 0) is 45.8 Å². The van der Waals surface area contributed by atoms with Gasteiger partial charge in [-0.2, -0.15) is 0 Å². The van der Waals surface area contributed by atoms with Crippen LogP contribution in [0.2, 0.25) is 10.0 Å². The molecule has 0 fully saturated rings. The Hall–Kier alpha value is -1.41. The zero-order chi connectivity index (χ0) is 17.1. The Morgan fingerprint density at radius 1 is 1.25 bits per heavy atom. The molecule has 0 aliphatic rings. The van der Waals surface area contributed by atoms with E-state index in [1.165, 1.54) is 11.3 Å². The van der Waals surface area contributed by atoms with Crippen LogP contribution in [0.15, 0.2) is 38.5 Å². The summed E-state index contributed by atoms with van der Waals surface area (Å²) >= 11 is 16.7. The molecule has 2 heterocycles. The molecule has 2 aromatic heterocycles. The number of halogens is 3. The maximum absolute atomic E-state index is 11.9. The number of rotatable bonds is 5. The SMILES string of the molecule is O=C(Cc1ccc(Cl)cc1Cl)OCc1nnc(-c2ccc(Br)s2)o1. The molecule has 0 atom stereocenters. The van der Waals surface area contributed by atoms with E-state index < -0.39 is 5.97 Å². The number of carbonyl (C=O) groups excluding carboxylic acids is 1. The fraction of sp³-hybridized carbons (Fsp3) is 0.133. The average Bonchev–Trinajstić information content (AvgIpc) is 3.17. The predicted octanol–water partition coefficient (Wildman–Crippen LogP) is 5.15. The van der Waals surface area contributed by atoms with E-state index in [0.29, 0.717) is 21.5 Å². The Balaban J connectivity index is 1.57. The molecule has 0 saturated carbocycles. The zero-order valence-corrected chi connectivity index (χ0v) is 15.9. The number of hydrogen-bond acceptors (Lipinski definition) is 6. The van der Waals surface area contributed by atoms with E-state index in [4.69, 9.17) is 32.4 Å². The van der Waals surface area contributed by atoms with Crippen LogP contribution >= 0.6 is 50.5 Å². The third kappa shape index (κ3) is 4.36. The first-order valence-corrected chi connectivity index (χ1v) is 9.05. The summed E-state index contributed by atoms with van der Waals surface area (Å²) in [5, 5.41) is 8.72. The van der Waals surface area contributed by atoms with Crippen LogP contribution in [0, 0.1) is 0 Å². The Bertz CT molecular complexity index is 881. The maximum atomic E-state index is 11.9. The molecule has 0 N–H and O–H groups in total. The van der Waals surface area contributed by atoms with Gasteiger partial charge in [0.05, 0.1) is 15.1 Å². The summed E-state index contributed by atoms with van der Waals surface area (Å²) in [4.78, 5) is 12.7. The topological polar surface area (TPSA) is 65.2 Å². The second-order valence-electron chi connectivity index (χ2n) is 4.68. The Kier molecular flexibility index (Phi) is 5.55. The molecule has 5 nitrogen and oxygen atoms in total. The van der Waals surface area contributed by atoms with Crippen molar-refractivity contribution >= 4 is 56.4 Å². The summed E-state index contributed by atoms with van der Waals surface area (Å²) in [5.74, 6) is 0.167. The number of aromatic nitrogens is 2. The van der Waals surface area contributed by atoms with E-state index >= 15 is 0 Å². The molecule has 0 amide bonds. The van der Waals surface area contributed by atoms with E-state index in [1.54, 1.807) is 18.2 Å². The first-order chi connectivity index (χ1) is 11.5. The Morgan fingerprint density at radius 3 is 2.79 bits per heavy atom. The van der Waals surface area contributed by atoms with Gasteiger partial charge in [0.2, 0.25) is 0 Å². The Morgan fingerprint density at radius 2 is 2.08 bits per heavy atom. The van der Waals surface area contributed by atoms with Crippen molar-refractivity contribution in [2.45, 2.75) is 13.0 Å². The lowest BCUT2D eigenvalue weighted by Gasteiger charge is -2.04. The minimum Gasteiger partial charge on any atom is -0.455 e. The summed E-state index contributed by atoms with van der Waals surface area (Å²) in [6.45, 7) is -0.0937. The van der Waals surface area contributed by atoms with Crippen LogP contribution in [-0.4, -0.2) is 16.2 Å². The van der Waals surface area contributed by atoms with Gasteiger partial charge in [0.25, 0.3) is 11.8 Å². The van der Waals surface area contributed by atoms with Gasteiger partial charge in [-0.15, -0.1) is 21.5 Å². The molecule has 0 saturated heterocycles. The molecule has 0 spiro atoms. The molecule has 24 heavy (non-hydrogen) atoms. The Labute approximate surface area is 159 Å². The molecular weight excluding hydrogens is 439 g/mol. The van der Waals surface area contributed by atoms with Crippen molar-refractivity contribution < 1.29 is 13.9 Å². The normalized spacial score (nSPS) is 10.8. The standard InChI is InChI=1S/C15H9BrCl2N2O3S/c16-12-4-3-11(24-12)15-20-19-13(23-15)7-22-14(21)5-8-1-2-9(17)6-10(8)18/h1-4,6H,5,7H2. The van der Waals surface area contributed by atoms with Crippen LogP contribution in [0.1, 0.15) is 11.5 Å². The van der Waals surface area contributed by atoms with Gasteiger partial charge >= 0.3 is 5.97 Å². The van der Waals surface area contributed by atoms with E-state index in [0.717, 1.165) is 8.66 Å². The maximum Gasteiger partial charge on any atom is 0.310 e. The van der Waals surface area contributed by atoms with E-state index in [9.17, 15) is 4.79 Å². The molecule has 3 rings (SSSR count). The van der Waals surface area contributed by atoms with Crippen molar-refractivity contribution in [2.75, 3.05) is 0 Å². The fourth-order valence-corrected chi connectivity index (χ4v) is 3.64. The highest BCUT2D eigenvalue weighted by molar-refractivity contribution is 9.11. The monoisotopic (exact) mass is 446 g/mol. The zero-order valence-electron chi connectivity index (χ0n) is 12.0. The number of nitrogens with zero attached hydrogens (tertiary/aromatic N) is 2. The summed E-state index contributed by atoms with van der Waals surface area (Å²) < 4.78 is 11.6. The van der Waals surface area contributed by atoms with Gasteiger partial charge in [-0.25, -0.2) is 0 Å². The van der Waals surface area contributed by atoms with Crippen molar-refractivity contribution in [1.82, 2.24) is 10.2 Å². The van der Waals surface area contributed by atoms with Crippen LogP contribution in [0.4, 0.5) is 0 Å². The number of thiophene rings is 1. The quantitative estimate of drug-likeness (QED) is 0.505. The van der Waals surface area contributed by atoms with Gasteiger partial charge in [-0.3, -0.25) is 4.79 Å². The molecule has 0 aliphatic carbocycles. The molecule has 0 radical (unpaired) electrons.